The van der Waals surface area contributed by atoms with E-state index in [2.05, 4.69) is 164 Å². The van der Waals surface area contributed by atoms with E-state index in [0.717, 1.165) is 17.9 Å². The van der Waals surface area contributed by atoms with Gasteiger partial charge in [0.05, 0.1) is 0 Å². The first-order valence-corrected chi connectivity index (χ1v) is 15.9. The van der Waals surface area contributed by atoms with Crippen molar-refractivity contribution in [2.24, 2.45) is 0 Å². The molecule has 0 nitrogen and oxygen atoms in total. The molecule has 4 aromatic carbocycles. The molecule has 0 aliphatic carbocycles. The predicted octanol–water partition coefficient (Wildman–Crippen LogP) is 7.35. The maximum absolute atomic E-state index is 3.73. The second-order valence-electron chi connectivity index (χ2n) is 8.61. The third-order valence-corrected chi connectivity index (χ3v) is 14.6. The van der Waals surface area contributed by atoms with Crippen LogP contribution in [0.3, 0.4) is 0 Å². The molecule has 0 N–H and O–H groups in total. The van der Waals surface area contributed by atoms with Crippen LogP contribution in [0.5, 0.6) is 0 Å². The molecule has 0 fully saturated rings. The van der Waals surface area contributed by atoms with E-state index in [1.54, 1.807) is 0 Å². The molecule has 0 amide bonds. The highest BCUT2D eigenvalue weighted by Gasteiger charge is 2.42. The number of benzene rings is 4. The molecule has 0 saturated heterocycles. The molecule has 0 bridgehead atoms. The average molecular weight is 708 g/mol. The summed E-state index contributed by atoms with van der Waals surface area (Å²) in [5, 5.41) is 5.53. The van der Waals surface area contributed by atoms with Gasteiger partial charge in [-0.3, -0.25) is 0 Å². The van der Waals surface area contributed by atoms with Crippen LogP contribution in [-0.4, -0.2) is 8.07 Å². The Kier molecular flexibility index (Phi) is 7.57. The minimum atomic E-state index is -2.60. The van der Waals surface area contributed by atoms with Crippen molar-refractivity contribution in [3.8, 4) is 0 Å². The Morgan fingerprint density at radius 2 is 0.606 bits per heavy atom. The van der Waals surface area contributed by atoms with Crippen LogP contribution < -0.4 is 20.7 Å². The van der Waals surface area contributed by atoms with Crippen LogP contribution >= 0.6 is 63.7 Å². The monoisotopic (exact) mass is 704 g/mol. The van der Waals surface area contributed by atoms with Crippen molar-refractivity contribution in [3.63, 3.8) is 0 Å². The summed E-state index contributed by atoms with van der Waals surface area (Å²) in [6.07, 6.45) is 0. The molecule has 0 aliphatic heterocycles. The zero-order valence-corrected chi connectivity index (χ0v) is 26.3. The zero-order valence-electron chi connectivity index (χ0n) is 18.9. The Labute approximate surface area is 231 Å². The van der Waals surface area contributed by atoms with Gasteiger partial charge in [-0.2, -0.15) is 0 Å². The van der Waals surface area contributed by atoms with E-state index in [0.29, 0.717) is 0 Å². The van der Waals surface area contributed by atoms with Crippen molar-refractivity contribution in [3.05, 3.63) is 113 Å². The van der Waals surface area contributed by atoms with Gasteiger partial charge in [-0.05, 0) is 95.0 Å². The van der Waals surface area contributed by atoms with Crippen LogP contribution in [0.25, 0.3) is 0 Å². The van der Waals surface area contributed by atoms with Gasteiger partial charge >= 0.3 is 0 Å². The molecule has 0 saturated carbocycles. The number of hydrogen-bond donors (Lipinski definition) is 0. The smallest absolute Gasteiger partial charge is 0.0608 e. The third-order valence-electron chi connectivity index (χ3n) is 6.36. The maximum Gasteiger partial charge on any atom is 0.179 e. The SMILES string of the molecule is Cc1cc([Si](c2ccc(Br)c(C)c2)(c2ccc(Br)c(C)c2)c2ccc(Br)c(C)c2)ccc1Br. The molecule has 4 aromatic rings. The van der Waals surface area contributed by atoms with Crippen LogP contribution in [0.4, 0.5) is 0 Å². The molecule has 4 rings (SSSR count). The summed E-state index contributed by atoms with van der Waals surface area (Å²) >= 11 is 14.9. The molecule has 0 heterocycles. The lowest BCUT2D eigenvalue weighted by molar-refractivity contribution is 1.42. The summed E-state index contributed by atoms with van der Waals surface area (Å²) in [5.41, 5.74) is 5.00. The average Bonchev–Trinajstić information content (AvgIpc) is 2.78. The number of hydrogen-bond acceptors (Lipinski definition) is 0. The third kappa shape index (κ3) is 4.64. The van der Waals surface area contributed by atoms with Crippen LogP contribution in [0, 0.1) is 27.7 Å². The second-order valence-corrected chi connectivity index (χ2v) is 15.8. The molecule has 33 heavy (non-hydrogen) atoms. The highest BCUT2D eigenvalue weighted by molar-refractivity contribution is 9.11. The van der Waals surface area contributed by atoms with Gasteiger partial charge in [0, 0.05) is 17.9 Å². The predicted molar refractivity (Wildman–Crippen MR) is 160 cm³/mol. The highest BCUT2D eigenvalue weighted by atomic mass is 79.9. The number of aryl methyl sites for hydroxylation is 4. The molecule has 0 atom stereocenters. The van der Waals surface area contributed by atoms with Crippen LogP contribution in [0.2, 0.25) is 0 Å². The van der Waals surface area contributed by atoms with Crippen molar-refractivity contribution in [2.75, 3.05) is 0 Å². The molecular formula is C28H24Br4Si. The molecular weight excluding hydrogens is 684 g/mol. The molecule has 0 aromatic heterocycles. The van der Waals surface area contributed by atoms with E-state index in [1.807, 2.05) is 0 Å². The normalized spacial score (nSPS) is 11.6. The van der Waals surface area contributed by atoms with Gasteiger partial charge in [-0.25, -0.2) is 0 Å². The Hall–Kier alpha value is -0.983. The fourth-order valence-electron chi connectivity index (χ4n) is 4.51. The molecule has 0 aliphatic rings. The summed E-state index contributed by atoms with van der Waals surface area (Å²) in [7, 11) is -2.60. The minimum Gasteiger partial charge on any atom is -0.0608 e. The quantitative estimate of drug-likeness (QED) is 0.154. The maximum atomic E-state index is 3.73. The van der Waals surface area contributed by atoms with E-state index in [1.165, 1.54) is 43.0 Å². The lowest BCUT2D eigenvalue weighted by atomic mass is 10.2. The summed E-state index contributed by atoms with van der Waals surface area (Å²) in [4.78, 5) is 0. The van der Waals surface area contributed by atoms with E-state index in [-0.39, 0.29) is 0 Å². The molecule has 0 spiro atoms. The Morgan fingerprint density at radius 1 is 0.394 bits per heavy atom. The van der Waals surface area contributed by atoms with Gasteiger partial charge in [-0.15, -0.1) is 0 Å². The van der Waals surface area contributed by atoms with E-state index in [4.69, 9.17) is 0 Å². The van der Waals surface area contributed by atoms with Crippen LogP contribution in [-0.2, 0) is 0 Å². The van der Waals surface area contributed by atoms with Gasteiger partial charge in [0.15, 0.2) is 8.07 Å². The summed E-state index contributed by atoms with van der Waals surface area (Å²) in [6, 6.07) is 27.6. The molecule has 0 radical (unpaired) electrons. The topological polar surface area (TPSA) is 0 Å². The fourth-order valence-corrected chi connectivity index (χ4v) is 10.6. The zero-order chi connectivity index (χ0) is 23.9. The lowest BCUT2D eigenvalue weighted by Crippen LogP contribution is -2.75. The number of rotatable bonds is 4. The minimum absolute atomic E-state index is 1.14. The summed E-state index contributed by atoms with van der Waals surface area (Å²) < 4.78 is 4.56. The van der Waals surface area contributed by atoms with Gasteiger partial charge in [-0.1, -0.05) is 112 Å². The van der Waals surface area contributed by atoms with Crippen molar-refractivity contribution in [1.82, 2.24) is 0 Å². The largest absolute Gasteiger partial charge is 0.179 e. The fraction of sp³-hybridized carbons (Fsp3) is 0.143. The van der Waals surface area contributed by atoms with Crippen molar-refractivity contribution in [1.29, 1.82) is 0 Å². The van der Waals surface area contributed by atoms with Gasteiger partial charge in [0.2, 0.25) is 0 Å². The first-order chi connectivity index (χ1) is 15.6. The standard InChI is InChI=1S/C28H24Br4Si/c1-17-13-21(5-9-25(17)29)33(22-6-10-26(30)18(2)14-22,23-7-11-27(31)19(3)15-23)24-8-12-28(32)20(4)16-24/h5-16H,1-4H3. The first-order valence-electron chi connectivity index (χ1n) is 10.7. The summed E-state index contributed by atoms with van der Waals surface area (Å²) in [5.74, 6) is 0. The summed E-state index contributed by atoms with van der Waals surface area (Å²) in [6.45, 7) is 8.72. The Bertz CT molecular complexity index is 1150. The Morgan fingerprint density at radius 3 is 0.788 bits per heavy atom. The van der Waals surface area contributed by atoms with Crippen molar-refractivity contribution < 1.29 is 0 Å². The van der Waals surface area contributed by atoms with Crippen LogP contribution in [0.15, 0.2) is 90.7 Å². The van der Waals surface area contributed by atoms with Gasteiger partial charge in [0.1, 0.15) is 0 Å². The van der Waals surface area contributed by atoms with E-state index < -0.39 is 8.07 Å². The lowest BCUT2D eigenvalue weighted by Gasteiger charge is -2.35. The van der Waals surface area contributed by atoms with Gasteiger partial charge < -0.3 is 0 Å². The molecule has 0 unspecified atom stereocenters. The van der Waals surface area contributed by atoms with E-state index in [9.17, 15) is 0 Å². The van der Waals surface area contributed by atoms with Crippen molar-refractivity contribution >= 4 is 92.5 Å². The Balaban J connectivity index is 2.21. The van der Waals surface area contributed by atoms with Gasteiger partial charge in [0.25, 0.3) is 0 Å². The highest BCUT2D eigenvalue weighted by Crippen LogP contribution is 2.23. The second kappa shape index (κ2) is 9.94. The first kappa shape index (κ1) is 25.1. The van der Waals surface area contributed by atoms with Crippen molar-refractivity contribution in [2.45, 2.75) is 27.7 Å². The molecule has 168 valence electrons. The number of halogens is 4. The van der Waals surface area contributed by atoms with E-state index >= 15 is 0 Å². The molecule has 5 heteroatoms. The van der Waals surface area contributed by atoms with Crippen LogP contribution in [0.1, 0.15) is 22.3 Å².